The second-order valence-electron chi connectivity index (χ2n) is 17.5. The van der Waals surface area contributed by atoms with Crippen LogP contribution in [-0.2, 0) is 54.1 Å². The van der Waals surface area contributed by atoms with Gasteiger partial charge < -0.3 is 48.4 Å². The number of amides is 1. The molecule has 2 N–H and O–H groups in total. The number of nitrogens with zero attached hydrogens (tertiary/aromatic N) is 3. The van der Waals surface area contributed by atoms with E-state index in [-0.39, 0.29) is 50.3 Å². The first-order valence-corrected chi connectivity index (χ1v) is 20.7. The minimum absolute atomic E-state index is 0.161. The van der Waals surface area contributed by atoms with Crippen molar-refractivity contribution in [3.63, 3.8) is 0 Å². The molecule has 1 amide bonds. The van der Waals surface area contributed by atoms with Crippen LogP contribution in [0.3, 0.4) is 0 Å². The number of likely N-dealkylation sites (N-methyl/N-ethyl adjacent to an activating group) is 1. The number of benzene rings is 1. The first kappa shape index (κ1) is 45.8. The van der Waals surface area contributed by atoms with Gasteiger partial charge in [0.15, 0.2) is 12.4 Å². The normalized spacial score (nSPS) is 41.5. The van der Waals surface area contributed by atoms with Crippen LogP contribution in [0.4, 0.5) is 0 Å². The number of oxime groups is 1. The third-order valence-electron chi connectivity index (χ3n) is 12.4. The molecule has 0 aliphatic carbocycles. The number of hydrogen-bond donors (Lipinski definition) is 2. The van der Waals surface area contributed by atoms with E-state index in [2.05, 4.69) is 5.16 Å². The molecule has 0 spiro atoms. The highest BCUT2D eigenvalue weighted by atomic mass is 16.7. The van der Waals surface area contributed by atoms with Crippen LogP contribution in [0.15, 0.2) is 40.5 Å². The second-order valence-corrected chi connectivity index (χ2v) is 17.5. The van der Waals surface area contributed by atoms with Crippen LogP contribution in [0.1, 0.15) is 87.1 Å². The fourth-order valence-corrected chi connectivity index (χ4v) is 9.21. The smallest absolute Gasteiger partial charge is 0.311 e. The van der Waals surface area contributed by atoms with Gasteiger partial charge in [0.2, 0.25) is 6.10 Å². The molecule has 0 unspecified atom stereocenters. The zero-order chi connectivity index (χ0) is 42.7. The predicted octanol–water partition coefficient (Wildman–Crippen LogP) is 3.89. The summed E-state index contributed by atoms with van der Waals surface area (Å²) in [5, 5.41) is 29.0. The molecule has 0 radical (unpaired) electrons. The van der Waals surface area contributed by atoms with Gasteiger partial charge in [-0.15, -0.1) is 0 Å². The van der Waals surface area contributed by atoms with E-state index in [9.17, 15) is 24.6 Å². The molecule has 4 heterocycles. The van der Waals surface area contributed by atoms with Gasteiger partial charge in [0.25, 0.3) is 5.91 Å². The molecule has 15 atom stereocenters. The van der Waals surface area contributed by atoms with Crippen LogP contribution in [0.2, 0.25) is 0 Å². The zero-order valence-electron chi connectivity index (χ0n) is 36.0. The lowest BCUT2D eigenvalue weighted by Gasteiger charge is -2.49. The Kier molecular flexibility index (Phi) is 15.0. The van der Waals surface area contributed by atoms with E-state index in [4.69, 9.17) is 38.3 Å². The van der Waals surface area contributed by atoms with E-state index in [1.807, 2.05) is 77.0 Å². The number of aliphatic hydroxyl groups is 2. The van der Waals surface area contributed by atoms with E-state index in [1.165, 1.54) is 6.92 Å². The maximum Gasteiger partial charge on any atom is 0.311 e. The number of esters is 2. The molecule has 4 aliphatic rings. The van der Waals surface area contributed by atoms with Crippen molar-refractivity contribution in [3.05, 3.63) is 35.9 Å². The van der Waals surface area contributed by atoms with E-state index in [0.717, 1.165) is 5.56 Å². The van der Waals surface area contributed by atoms with Crippen LogP contribution in [0, 0.1) is 23.7 Å². The number of ether oxygens (including phenoxy) is 6. The van der Waals surface area contributed by atoms with Gasteiger partial charge in [-0.05, 0) is 72.5 Å². The Morgan fingerprint density at radius 1 is 1.03 bits per heavy atom. The second kappa shape index (κ2) is 18.9. The monoisotopic (exact) mass is 815 g/mol. The predicted molar refractivity (Wildman–Crippen MR) is 214 cm³/mol. The molecule has 4 aliphatic heterocycles. The van der Waals surface area contributed by atoms with Crippen LogP contribution < -0.4 is 0 Å². The van der Waals surface area contributed by atoms with Crippen LogP contribution in [0.25, 0.3) is 0 Å². The Morgan fingerprint density at radius 2 is 1.72 bits per heavy atom. The van der Waals surface area contributed by atoms with Gasteiger partial charge in [0.1, 0.15) is 17.4 Å². The van der Waals surface area contributed by atoms with Gasteiger partial charge in [-0.3, -0.25) is 14.4 Å². The van der Waals surface area contributed by atoms with Crippen LogP contribution in [0.5, 0.6) is 0 Å². The molecule has 4 bridgehead atoms. The molecule has 0 aromatic heterocycles. The van der Waals surface area contributed by atoms with Gasteiger partial charge in [-0.25, -0.2) is 4.99 Å². The number of fused-ring (bicyclic) bond motifs is 4. The highest BCUT2D eigenvalue weighted by Gasteiger charge is 2.54. The summed E-state index contributed by atoms with van der Waals surface area (Å²) in [5.41, 5.74) is -1.59. The van der Waals surface area contributed by atoms with Crippen molar-refractivity contribution in [3.8, 4) is 0 Å². The van der Waals surface area contributed by atoms with Gasteiger partial charge in [0, 0.05) is 30.9 Å². The number of hydrogen-bond acceptors (Lipinski definition) is 14. The first-order valence-electron chi connectivity index (χ1n) is 20.7. The summed E-state index contributed by atoms with van der Waals surface area (Å²) in [6, 6.07) is 9.16. The van der Waals surface area contributed by atoms with Crippen molar-refractivity contribution in [1.29, 1.82) is 0 Å². The summed E-state index contributed by atoms with van der Waals surface area (Å²) in [6.07, 6.45) is -6.71. The van der Waals surface area contributed by atoms with E-state index in [0.29, 0.717) is 12.1 Å². The maximum absolute atomic E-state index is 14.3. The molecule has 1 aromatic carbocycles. The highest BCUT2D eigenvalue weighted by molar-refractivity contribution is 6.00. The van der Waals surface area contributed by atoms with E-state index in [1.54, 1.807) is 27.7 Å². The summed E-state index contributed by atoms with van der Waals surface area (Å²) < 4.78 is 38.9. The van der Waals surface area contributed by atoms with Gasteiger partial charge in [0.05, 0.1) is 55.2 Å². The molecule has 1 aromatic rings. The number of cyclic esters (lactones) is 1. The molecule has 3 saturated heterocycles. The molecule has 15 heteroatoms. The van der Waals surface area contributed by atoms with Crippen molar-refractivity contribution in [2.24, 2.45) is 33.8 Å². The van der Waals surface area contributed by atoms with Gasteiger partial charge >= 0.3 is 11.9 Å². The number of carbonyl (C=O) groups is 3. The lowest BCUT2D eigenvalue weighted by Crippen LogP contribution is -2.61. The molecular weight excluding hydrogens is 750 g/mol. The largest absolute Gasteiger partial charge is 0.459 e. The molecule has 0 saturated carbocycles. The molecule has 3 fully saturated rings. The third-order valence-corrected chi connectivity index (χ3v) is 12.4. The first-order chi connectivity index (χ1) is 27.3. The molecule has 5 rings (SSSR count). The summed E-state index contributed by atoms with van der Waals surface area (Å²) in [4.78, 5) is 53.6. The lowest BCUT2D eigenvalue weighted by molar-refractivity contribution is -0.304. The SMILES string of the molecule is CC[C@H]1OC(=O)[C@H](C)[C@@H](O)[C@H](C)[C@@H](O[C@@H]2O[C@H](C)C[C@H](N(C)C)[C@H]2OC(C)=O)[C@@]2(C)C[C@@H](C)C3=NC(=O)[C@H](Cc4ccccc4)O/N=C(/CO[C@H]([C@H]3C)[C@]1(C)O)CO2. The quantitative estimate of drug-likeness (QED) is 0.379. The fraction of sp³-hybridized carbons (Fsp3) is 0.744. The van der Waals surface area contributed by atoms with Crippen LogP contribution >= 0.6 is 0 Å². The Labute approximate surface area is 342 Å². The van der Waals surface area contributed by atoms with Crippen molar-refractivity contribution in [1.82, 2.24) is 4.90 Å². The van der Waals surface area contributed by atoms with Crippen molar-refractivity contribution < 1.29 is 57.9 Å². The third kappa shape index (κ3) is 10.2. The Bertz CT molecular complexity index is 1650. The minimum atomic E-state index is -1.80. The summed E-state index contributed by atoms with van der Waals surface area (Å²) >= 11 is 0. The van der Waals surface area contributed by atoms with Gasteiger partial charge in [-0.2, -0.15) is 0 Å². The number of aliphatic imine (C=N–C) groups is 1. The van der Waals surface area contributed by atoms with Crippen LogP contribution in [-0.4, -0.2) is 138 Å². The highest BCUT2D eigenvalue weighted by Crippen LogP contribution is 2.41. The Morgan fingerprint density at radius 3 is 2.36 bits per heavy atom. The minimum Gasteiger partial charge on any atom is -0.459 e. The van der Waals surface area contributed by atoms with E-state index >= 15 is 0 Å². The maximum atomic E-state index is 14.3. The van der Waals surface area contributed by atoms with E-state index < -0.39 is 95.6 Å². The number of carbonyl (C=O) groups excluding carboxylic acids is 3. The average Bonchev–Trinajstić information content (AvgIpc) is 3.19. The molecule has 58 heavy (non-hydrogen) atoms. The van der Waals surface area contributed by atoms with Crippen molar-refractivity contribution >= 4 is 29.3 Å². The molecule has 15 nitrogen and oxygen atoms in total. The molecular formula is C43H65N3O12. The average molecular weight is 816 g/mol. The van der Waals surface area contributed by atoms with Crippen molar-refractivity contribution in [2.75, 3.05) is 27.3 Å². The number of rotatable bonds is 7. The van der Waals surface area contributed by atoms with Gasteiger partial charge in [-0.1, -0.05) is 63.2 Å². The summed E-state index contributed by atoms with van der Waals surface area (Å²) in [5.74, 6) is -4.94. The molecule has 324 valence electrons. The summed E-state index contributed by atoms with van der Waals surface area (Å²) in [7, 11) is 3.79. The Balaban J connectivity index is 1.71. The van der Waals surface area contributed by atoms with Crippen molar-refractivity contribution in [2.45, 2.75) is 154 Å². The standard InChI is InChI=1S/C43H65N3O12/c1-12-33-43(9,51)38-25(4)34-23(2)20-42(8,53-22-30(21-52-38)45-58-32(39(49)44-34)19-29-16-14-13-15-17-29)37(26(5)35(48)27(6)40(50)56-33)57-41-36(55-28(7)47)31(46(10)11)18-24(3)54-41/h13-17,23-27,31-33,35-38,41,48,51H,12,18-22H2,1-11H3/b44-34?,45-30-/t23-,24-,25+,26+,27-,31+,32+,33-,35+,36-,37-,38-,41+,42-,43-/m1/s1. The number of aliphatic hydroxyl groups excluding tert-OH is 1. The Hall–Kier alpha value is -3.31. The fourth-order valence-electron chi connectivity index (χ4n) is 9.21. The lowest BCUT2D eigenvalue weighted by atomic mass is 9.73. The summed E-state index contributed by atoms with van der Waals surface area (Å²) in [6.45, 7) is 15.2. The zero-order valence-corrected chi connectivity index (χ0v) is 36.0. The topological polar surface area (TPSA) is 184 Å².